The molecule has 114 valence electrons. The van der Waals surface area contributed by atoms with Crippen LogP contribution in [0.3, 0.4) is 0 Å². The highest BCUT2D eigenvalue weighted by molar-refractivity contribution is 5.39. The smallest absolute Gasteiger partial charge is 0.269 e. The lowest BCUT2D eigenvalue weighted by Crippen LogP contribution is -2.43. The summed E-state index contributed by atoms with van der Waals surface area (Å²) < 4.78 is 0. The van der Waals surface area contributed by atoms with Crippen molar-refractivity contribution >= 4 is 5.69 Å². The summed E-state index contributed by atoms with van der Waals surface area (Å²) in [5.41, 5.74) is 2.85. The Labute approximate surface area is 128 Å². The molecule has 0 spiro atoms. The van der Waals surface area contributed by atoms with Crippen LogP contribution in [-0.4, -0.2) is 16.6 Å². The molecule has 22 heavy (non-hydrogen) atoms. The van der Waals surface area contributed by atoms with E-state index in [0.29, 0.717) is 6.54 Å². The minimum absolute atomic E-state index is 0.0128. The minimum atomic E-state index is -0.457. The lowest BCUT2D eigenvalue weighted by atomic mass is 9.92. The number of aliphatic hydroxyl groups excluding tert-OH is 1. The first-order chi connectivity index (χ1) is 10.6. The molecule has 2 aromatic rings. The molecule has 0 bridgehead atoms. The van der Waals surface area contributed by atoms with Gasteiger partial charge in [0, 0.05) is 18.7 Å². The number of nitrogens with one attached hydrogen (secondary N) is 1. The van der Waals surface area contributed by atoms with Crippen LogP contribution in [-0.2, 0) is 18.5 Å². The number of hydrogen-bond acceptors (Lipinski definition) is 4. The SMILES string of the molecule is O=[N+]([O-])c1cccc(CN[C@@]2(CO)CCc3ccccc32)c1. The third kappa shape index (κ3) is 2.61. The van der Waals surface area contributed by atoms with Gasteiger partial charge in [-0.2, -0.15) is 0 Å². The highest BCUT2D eigenvalue weighted by Crippen LogP contribution is 2.36. The van der Waals surface area contributed by atoms with Crippen LogP contribution in [0.5, 0.6) is 0 Å². The van der Waals surface area contributed by atoms with Crippen LogP contribution in [0.2, 0.25) is 0 Å². The number of benzene rings is 2. The van der Waals surface area contributed by atoms with Gasteiger partial charge in [-0.1, -0.05) is 36.4 Å². The van der Waals surface area contributed by atoms with Gasteiger partial charge in [-0.15, -0.1) is 0 Å². The predicted octanol–water partition coefficient (Wildman–Crippen LogP) is 2.52. The van der Waals surface area contributed by atoms with E-state index in [1.165, 1.54) is 11.6 Å². The van der Waals surface area contributed by atoms with E-state index in [1.807, 2.05) is 24.3 Å². The van der Waals surface area contributed by atoms with Crippen LogP contribution < -0.4 is 5.32 Å². The van der Waals surface area contributed by atoms with Crippen molar-refractivity contribution < 1.29 is 10.0 Å². The Bertz CT molecular complexity index is 702. The zero-order valence-corrected chi connectivity index (χ0v) is 12.2. The van der Waals surface area contributed by atoms with Crippen LogP contribution in [0.25, 0.3) is 0 Å². The first kappa shape index (κ1) is 14.7. The molecule has 2 N–H and O–H groups in total. The van der Waals surface area contributed by atoms with Gasteiger partial charge < -0.3 is 10.4 Å². The number of hydrogen-bond donors (Lipinski definition) is 2. The summed E-state index contributed by atoms with van der Waals surface area (Å²) in [7, 11) is 0. The molecule has 0 heterocycles. The average Bonchev–Trinajstić information content (AvgIpc) is 2.93. The third-order valence-electron chi connectivity index (χ3n) is 4.38. The Balaban J connectivity index is 1.81. The van der Waals surface area contributed by atoms with Gasteiger partial charge in [-0.05, 0) is 29.5 Å². The molecule has 3 rings (SSSR count). The maximum atomic E-state index is 10.8. The number of aryl methyl sites for hydroxylation is 1. The summed E-state index contributed by atoms with van der Waals surface area (Å²) in [6.45, 7) is 0.496. The van der Waals surface area contributed by atoms with E-state index >= 15 is 0 Å². The maximum Gasteiger partial charge on any atom is 0.269 e. The Morgan fingerprint density at radius 2 is 2.05 bits per heavy atom. The van der Waals surface area contributed by atoms with Crippen LogP contribution in [0.1, 0.15) is 23.1 Å². The number of nitro groups is 1. The molecule has 1 atom stereocenters. The lowest BCUT2D eigenvalue weighted by Gasteiger charge is -2.30. The normalized spacial score (nSPS) is 19.9. The number of nitrogens with zero attached hydrogens (tertiary/aromatic N) is 1. The van der Waals surface area contributed by atoms with Crippen molar-refractivity contribution in [3.8, 4) is 0 Å². The Morgan fingerprint density at radius 1 is 1.23 bits per heavy atom. The Morgan fingerprint density at radius 3 is 2.82 bits per heavy atom. The average molecular weight is 298 g/mol. The highest BCUT2D eigenvalue weighted by atomic mass is 16.6. The van der Waals surface area contributed by atoms with Gasteiger partial charge in [0.15, 0.2) is 0 Å². The third-order valence-corrected chi connectivity index (χ3v) is 4.38. The first-order valence-corrected chi connectivity index (χ1v) is 7.32. The zero-order chi connectivity index (χ0) is 15.6. The molecular formula is C17H18N2O3. The quantitative estimate of drug-likeness (QED) is 0.657. The van der Waals surface area contributed by atoms with Gasteiger partial charge in [-0.25, -0.2) is 0 Å². The second-order valence-corrected chi connectivity index (χ2v) is 5.68. The summed E-state index contributed by atoms with van der Waals surface area (Å²) in [5, 5.41) is 24.2. The molecular weight excluding hydrogens is 280 g/mol. The molecule has 0 unspecified atom stereocenters. The second kappa shape index (κ2) is 5.87. The van der Waals surface area contributed by atoms with Gasteiger partial charge in [0.1, 0.15) is 0 Å². The molecule has 5 nitrogen and oxygen atoms in total. The van der Waals surface area contributed by atoms with Crippen molar-refractivity contribution in [2.24, 2.45) is 0 Å². The van der Waals surface area contributed by atoms with Crippen LogP contribution >= 0.6 is 0 Å². The summed E-state index contributed by atoms with van der Waals surface area (Å²) >= 11 is 0. The van der Waals surface area contributed by atoms with Crippen molar-refractivity contribution in [3.63, 3.8) is 0 Å². The summed E-state index contributed by atoms with van der Waals surface area (Å²) in [4.78, 5) is 10.4. The van der Waals surface area contributed by atoms with Crippen LogP contribution in [0.4, 0.5) is 5.69 Å². The number of rotatable bonds is 5. The summed E-state index contributed by atoms with van der Waals surface area (Å²) in [6, 6.07) is 14.7. The standard InChI is InChI=1S/C17H18N2O3/c20-12-17(9-8-14-5-1-2-7-16(14)17)18-11-13-4-3-6-15(10-13)19(21)22/h1-7,10,18,20H,8-9,11-12H2/t17-/m1/s1. The van der Waals surface area contributed by atoms with E-state index in [4.69, 9.17) is 0 Å². The van der Waals surface area contributed by atoms with Crippen molar-refractivity contribution in [2.45, 2.75) is 24.9 Å². The zero-order valence-electron chi connectivity index (χ0n) is 12.2. The van der Waals surface area contributed by atoms with Gasteiger partial charge in [0.25, 0.3) is 5.69 Å². The van der Waals surface area contributed by atoms with E-state index in [0.717, 1.165) is 24.0 Å². The molecule has 0 amide bonds. The molecule has 0 aromatic heterocycles. The maximum absolute atomic E-state index is 10.8. The van der Waals surface area contributed by atoms with E-state index in [2.05, 4.69) is 11.4 Å². The molecule has 5 heteroatoms. The van der Waals surface area contributed by atoms with Gasteiger partial charge in [0.05, 0.1) is 17.1 Å². The Hall–Kier alpha value is -2.24. The molecule has 0 radical (unpaired) electrons. The summed E-state index contributed by atoms with van der Waals surface area (Å²) in [6.07, 6.45) is 1.76. The molecule has 0 saturated heterocycles. The molecule has 1 aliphatic rings. The van der Waals surface area contributed by atoms with Gasteiger partial charge >= 0.3 is 0 Å². The fourth-order valence-corrected chi connectivity index (χ4v) is 3.14. The van der Waals surface area contributed by atoms with Crippen molar-refractivity contribution in [3.05, 3.63) is 75.3 Å². The fraction of sp³-hybridized carbons (Fsp3) is 0.294. The number of nitro benzene ring substituents is 1. The van der Waals surface area contributed by atoms with Crippen molar-refractivity contribution in [1.82, 2.24) is 5.32 Å². The van der Waals surface area contributed by atoms with Crippen LogP contribution in [0, 0.1) is 10.1 Å². The largest absolute Gasteiger partial charge is 0.394 e. The number of aliphatic hydroxyl groups is 1. The predicted molar refractivity (Wildman–Crippen MR) is 83.5 cm³/mol. The van der Waals surface area contributed by atoms with Gasteiger partial charge in [0.2, 0.25) is 0 Å². The van der Waals surface area contributed by atoms with Gasteiger partial charge in [-0.3, -0.25) is 10.1 Å². The van der Waals surface area contributed by atoms with E-state index in [-0.39, 0.29) is 12.3 Å². The minimum Gasteiger partial charge on any atom is -0.394 e. The van der Waals surface area contributed by atoms with E-state index < -0.39 is 10.5 Å². The molecule has 0 fully saturated rings. The number of non-ortho nitro benzene ring substituents is 1. The monoisotopic (exact) mass is 298 g/mol. The van der Waals surface area contributed by atoms with E-state index in [9.17, 15) is 15.2 Å². The molecule has 2 aromatic carbocycles. The second-order valence-electron chi connectivity index (χ2n) is 5.68. The fourth-order valence-electron chi connectivity index (χ4n) is 3.14. The summed E-state index contributed by atoms with van der Waals surface area (Å²) in [5.74, 6) is 0. The topological polar surface area (TPSA) is 75.4 Å². The first-order valence-electron chi connectivity index (χ1n) is 7.32. The number of fused-ring (bicyclic) bond motifs is 1. The highest BCUT2D eigenvalue weighted by Gasteiger charge is 2.37. The molecule has 1 aliphatic carbocycles. The molecule has 0 aliphatic heterocycles. The van der Waals surface area contributed by atoms with Crippen molar-refractivity contribution in [2.75, 3.05) is 6.61 Å². The Kier molecular flexibility index (Phi) is 3.92. The lowest BCUT2D eigenvalue weighted by molar-refractivity contribution is -0.384. The van der Waals surface area contributed by atoms with Crippen LogP contribution in [0.15, 0.2) is 48.5 Å². The van der Waals surface area contributed by atoms with Crippen molar-refractivity contribution in [1.29, 1.82) is 0 Å². The molecule has 0 saturated carbocycles. The van der Waals surface area contributed by atoms with E-state index in [1.54, 1.807) is 12.1 Å².